The van der Waals surface area contributed by atoms with Gasteiger partial charge in [-0.05, 0) is 25.1 Å². The number of nitrogens with one attached hydrogen (secondary N) is 1. The molecule has 108 valence electrons. The number of urea groups is 1. The Bertz CT molecular complexity index is 544. The van der Waals surface area contributed by atoms with E-state index in [9.17, 15) is 14.4 Å². The zero-order valence-corrected chi connectivity index (χ0v) is 11.0. The van der Waals surface area contributed by atoms with Gasteiger partial charge in [-0.2, -0.15) is 0 Å². The van der Waals surface area contributed by atoms with Gasteiger partial charge in [-0.3, -0.25) is 10.1 Å². The molecule has 8 nitrogen and oxygen atoms in total. The van der Waals surface area contributed by atoms with E-state index in [0.29, 0.717) is 11.4 Å². The van der Waals surface area contributed by atoms with Gasteiger partial charge in [0.15, 0.2) is 6.10 Å². The van der Waals surface area contributed by atoms with Crippen molar-refractivity contribution in [2.75, 3.05) is 12.8 Å². The van der Waals surface area contributed by atoms with Gasteiger partial charge < -0.3 is 20.9 Å². The largest absolute Gasteiger partial charge is 0.495 e. The predicted octanol–water partition coefficient (Wildman–Crippen LogP) is 0.0176. The van der Waals surface area contributed by atoms with E-state index in [-0.39, 0.29) is 5.56 Å². The van der Waals surface area contributed by atoms with Gasteiger partial charge in [-0.1, -0.05) is 0 Å². The molecular weight excluding hydrogens is 266 g/mol. The number of rotatable bonds is 4. The van der Waals surface area contributed by atoms with Gasteiger partial charge in [0.25, 0.3) is 5.91 Å². The topological polar surface area (TPSA) is 134 Å². The molecule has 0 bridgehead atoms. The first-order chi connectivity index (χ1) is 9.35. The van der Waals surface area contributed by atoms with E-state index in [1.807, 2.05) is 5.32 Å². The van der Waals surface area contributed by atoms with Crippen LogP contribution in [0.15, 0.2) is 18.2 Å². The fourth-order valence-electron chi connectivity index (χ4n) is 1.34. The SMILES string of the molecule is COc1cc(C(=O)OC(C)C(=O)NC(N)=O)ccc1N. The highest BCUT2D eigenvalue weighted by Gasteiger charge is 2.20. The number of nitrogen functional groups attached to an aromatic ring is 1. The molecule has 0 spiro atoms. The second-order valence-corrected chi connectivity index (χ2v) is 3.86. The summed E-state index contributed by atoms with van der Waals surface area (Å²) in [5.41, 5.74) is 10.9. The minimum absolute atomic E-state index is 0.162. The van der Waals surface area contributed by atoms with E-state index in [2.05, 4.69) is 0 Å². The fraction of sp³-hybridized carbons (Fsp3) is 0.250. The van der Waals surface area contributed by atoms with Crippen LogP contribution in [0.5, 0.6) is 5.75 Å². The van der Waals surface area contributed by atoms with E-state index in [1.165, 1.54) is 32.2 Å². The van der Waals surface area contributed by atoms with E-state index in [4.69, 9.17) is 20.9 Å². The Morgan fingerprint density at radius 1 is 1.30 bits per heavy atom. The zero-order chi connectivity index (χ0) is 15.3. The standard InChI is InChI=1S/C12H15N3O5/c1-6(10(16)15-12(14)18)20-11(17)7-3-4-8(13)9(5-7)19-2/h3-6H,13H2,1-2H3,(H3,14,15,16,18). The first-order valence-corrected chi connectivity index (χ1v) is 5.60. The number of esters is 1. The molecule has 5 N–H and O–H groups in total. The molecule has 0 radical (unpaired) electrons. The molecule has 20 heavy (non-hydrogen) atoms. The third-order valence-electron chi connectivity index (χ3n) is 2.37. The molecule has 0 fully saturated rings. The van der Waals surface area contributed by atoms with E-state index in [1.54, 1.807) is 0 Å². The Morgan fingerprint density at radius 2 is 1.95 bits per heavy atom. The number of methoxy groups -OCH3 is 1. The normalized spacial score (nSPS) is 11.3. The fourth-order valence-corrected chi connectivity index (χ4v) is 1.34. The van der Waals surface area contributed by atoms with Crippen LogP contribution in [0, 0.1) is 0 Å². The van der Waals surface area contributed by atoms with Crippen LogP contribution in [-0.4, -0.2) is 31.1 Å². The van der Waals surface area contributed by atoms with Gasteiger partial charge in [0.1, 0.15) is 5.75 Å². The lowest BCUT2D eigenvalue weighted by molar-refractivity contribution is -0.127. The van der Waals surface area contributed by atoms with E-state index < -0.39 is 24.0 Å². The average Bonchev–Trinajstić information content (AvgIpc) is 2.38. The monoisotopic (exact) mass is 281 g/mol. The maximum Gasteiger partial charge on any atom is 0.339 e. The molecule has 0 heterocycles. The van der Waals surface area contributed by atoms with Crippen molar-refractivity contribution in [1.29, 1.82) is 0 Å². The summed E-state index contributed by atoms with van der Waals surface area (Å²) in [6.07, 6.45) is -1.17. The lowest BCUT2D eigenvalue weighted by atomic mass is 10.2. The van der Waals surface area contributed by atoms with Crippen LogP contribution < -0.4 is 21.5 Å². The maximum atomic E-state index is 11.8. The Labute approximate surface area is 115 Å². The second kappa shape index (κ2) is 6.41. The summed E-state index contributed by atoms with van der Waals surface area (Å²) in [6, 6.07) is 3.27. The number of primary amides is 1. The van der Waals surface area contributed by atoms with Crippen LogP contribution in [0.3, 0.4) is 0 Å². The summed E-state index contributed by atoms with van der Waals surface area (Å²) in [7, 11) is 1.41. The predicted molar refractivity (Wildman–Crippen MR) is 70.0 cm³/mol. The minimum atomic E-state index is -1.17. The number of anilines is 1. The van der Waals surface area contributed by atoms with Crippen molar-refractivity contribution in [2.24, 2.45) is 5.73 Å². The lowest BCUT2D eigenvalue weighted by Crippen LogP contribution is -2.42. The quantitative estimate of drug-likeness (QED) is 0.526. The molecule has 1 rings (SSSR count). The molecule has 3 amide bonds. The molecule has 1 aromatic carbocycles. The Morgan fingerprint density at radius 3 is 2.50 bits per heavy atom. The molecule has 1 unspecified atom stereocenters. The third kappa shape index (κ3) is 3.87. The lowest BCUT2D eigenvalue weighted by Gasteiger charge is -2.12. The number of amides is 3. The smallest absolute Gasteiger partial charge is 0.339 e. The number of imide groups is 1. The van der Waals surface area contributed by atoms with Crippen LogP contribution in [-0.2, 0) is 9.53 Å². The summed E-state index contributed by atoms with van der Waals surface area (Å²) in [4.78, 5) is 33.7. The average molecular weight is 281 g/mol. The Hall–Kier alpha value is -2.77. The van der Waals surface area contributed by atoms with Gasteiger partial charge >= 0.3 is 12.0 Å². The van der Waals surface area contributed by atoms with Crippen LogP contribution >= 0.6 is 0 Å². The minimum Gasteiger partial charge on any atom is -0.495 e. The van der Waals surface area contributed by atoms with E-state index >= 15 is 0 Å². The number of nitrogens with two attached hydrogens (primary N) is 2. The van der Waals surface area contributed by atoms with Gasteiger partial charge in [0.2, 0.25) is 0 Å². The number of hydrogen-bond donors (Lipinski definition) is 3. The highest BCUT2D eigenvalue weighted by Crippen LogP contribution is 2.22. The maximum absolute atomic E-state index is 11.8. The molecule has 1 aromatic rings. The summed E-state index contributed by atoms with van der Waals surface area (Å²) >= 11 is 0. The highest BCUT2D eigenvalue weighted by atomic mass is 16.5. The summed E-state index contributed by atoms with van der Waals surface area (Å²) in [6.45, 7) is 1.31. The van der Waals surface area contributed by atoms with Crippen molar-refractivity contribution in [3.8, 4) is 5.75 Å². The van der Waals surface area contributed by atoms with Crippen molar-refractivity contribution in [3.05, 3.63) is 23.8 Å². The highest BCUT2D eigenvalue weighted by molar-refractivity contribution is 5.98. The number of benzene rings is 1. The van der Waals surface area contributed by atoms with Gasteiger partial charge in [-0.15, -0.1) is 0 Å². The van der Waals surface area contributed by atoms with Crippen molar-refractivity contribution in [3.63, 3.8) is 0 Å². The first kappa shape index (κ1) is 15.3. The van der Waals surface area contributed by atoms with Crippen molar-refractivity contribution in [1.82, 2.24) is 5.32 Å². The summed E-state index contributed by atoms with van der Waals surface area (Å²) < 4.78 is 9.85. The Kier molecular flexibility index (Phi) is 4.90. The molecule has 0 saturated carbocycles. The van der Waals surface area contributed by atoms with Gasteiger partial charge in [-0.25, -0.2) is 9.59 Å². The van der Waals surface area contributed by atoms with Crippen LogP contribution in [0.1, 0.15) is 17.3 Å². The van der Waals surface area contributed by atoms with Crippen LogP contribution in [0.25, 0.3) is 0 Å². The molecule has 1 atom stereocenters. The second-order valence-electron chi connectivity index (χ2n) is 3.86. The molecule has 0 saturated heterocycles. The van der Waals surface area contributed by atoms with Crippen LogP contribution in [0.4, 0.5) is 10.5 Å². The number of carbonyl (C=O) groups excluding carboxylic acids is 3. The molecule has 0 aliphatic rings. The number of ether oxygens (including phenoxy) is 2. The third-order valence-corrected chi connectivity index (χ3v) is 2.37. The molecule has 8 heteroatoms. The summed E-state index contributed by atoms with van der Waals surface area (Å²) in [5.74, 6) is -1.25. The summed E-state index contributed by atoms with van der Waals surface area (Å²) in [5, 5.41) is 1.81. The van der Waals surface area contributed by atoms with Crippen LogP contribution in [0.2, 0.25) is 0 Å². The van der Waals surface area contributed by atoms with Crippen molar-refractivity contribution < 1.29 is 23.9 Å². The number of hydrogen-bond acceptors (Lipinski definition) is 6. The molecule has 0 aliphatic carbocycles. The number of carbonyl (C=O) groups is 3. The Balaban J connectivity index is 2.76. The van der Waals surface area contributed by atoms with Gasteiger partial charge in [0.05, 0.1) is 18.4 Å². The molecule has 0 aromatic heterocycles. The van der Waals surface area contributed by atoms with Crippen molar-refractivity contribution >= 4 is 23.6 Å². The van der Waals surface area contributed by atoms with E-state index in [0.717, 1.165) is 0 Å². The van der Waals surface area contributed by atoms with Crippen molar-refractivity contribution in [2.45, 2.75) is 13.0 Å². The first-order valence-electron chi connectivity index (χ1n) is 5.60. The molecular formula is C12H15N3O5. The van der Waals surface area contributed by atoms with Gasteiger partial charge in [0, 0.05) is 0 Å². The zero-order valence-electron chi connectivity index (χ0n) is 11.0. The molecule has 0 aliphatic heterocycles.